The van der Waals surface area contributed by atoms with Crippen LogP contribution in [0.5, 0.6) is 5.75 Å². The van der Waals surface area contributed by atoms with Gasteiger partial charge < -0.3 is 37.8 Å². The van der Waals surface area contributed by atoms with Gasteiger partial charge >= 0.3 is 0 Å². The molecule has 0 radical (unpaired) electrons. The Morgan fingerprint density at radius 2 is 1.05 bits per heavy atom. The molecule has 3 aromatic carbocycles. The van der Waals surface area contributed by atoms with Crippen molar-refractivity contribution < 1.29 is 4.74 Å². The van der Waals surface area contributed by atoms with Crippen molar-refractivity contribution in [1.82, 2.24) is 9.97 Å². The number of hydrogen-bond acceptors (Lipinski definition) is 9. The third kappa shape index (κ3) is 15.1. The van der Waals surface area contributed by atoms with Crippen LogP contribution in [0.15, 0.2) is 73.1 Å². The third-order valence-corrected chi connectivity index (χ3v) is 5.26. The molecule has 1 heterocycles. The van der Waals surface area contributed by atoms with Crippen molar-refractivity contribution in [2.75, 3.05) is 18.6 Å². The second-order valence-corrected chi connectivity index (χ2v) is 8.64. The molecule has 41 heavy (non-hydrogen) atoms. The van der Waals surface area contributed by atoms with Crippen LogP contribution < -0.4 is 16.2 Å². The van der Waals surface area contributed by atoms with Crippen LogP contribution in [0.3, 0.4) is 0 Å². The lowest BCUT2D eigenvalue weighted by Gasteiger charge is -2.04. The summed E-state index contributed by atoms with van der Waals surface area (Å²) in [5.74, 6) is 1.65. The van der Waals surface area contributed by atoms with E-state index in [4.69, 9.17) is 37.8 Å². The summed E-state index contributed by atoms with van der Waals surface area (Å²) >= 11 is 0. The Kier molecular flexibility index (Phi) is 18.1. The molecule has 0 aliphatic rings. The number of aryl methyl sites for hydroxylation is 5. The largest absolute Gasteiger partial charge is 0.497 e. The summed E-state index contributed by atoms with van der Waals surface area (Å²) in [6.45, 7) is 10.2. The maximum absolute atomic E-state index is 6.08. The van der Waals surface area contributed by atoms with E-state index in [1.54, 1.807) is 19.5 Å². The Bertz CT molecular complexity index is 1350. The van der Waals surface area contributed by atoms with Gasteiger partial charge in [0.25, 0.3) is 0 Å². The Morgan fingerprint density at radius 1 is 0.610 bits per heavy atom. The van der Waals surface area contributed by atoms with E-state index in [0.29, 0.717) is 0 Å². The van der Waals surface area contributed by atoms with E-state index in [9.17, 15) is 0 Å². The molecule has 0 spiro atoms. The highest BCUT2D eigenvalue weighted by Gasteiger charge is 2.03. The molecule has 0 unspecified atom stereocenters. The van der Waals surface area contributed by atoms with Gasteiger partial charge in [0, 0.05) is 54.2 Å². The predicted octanol–water partition coefficient (Wildman–Crippen LogP) is 6.80. The van der Waals surface area contributed by atoms with Gasteiger partial charge in [0.2, 0.25) is 0 Å². The number of aromatic nitrogens is 2. The second kappa shape index (κ2) is 20.7. The van der Waals surface area contributed by atoms with Crippen molar-refractivity contribution in [2.45, 2.75) is 34.6 Å². The van der Waals surface area contributed by atoms with Crippen LogP contribution in [0.1, 0.15) is 27.8 Å². The molecule has 1 aromatic heterocycles. The van der Waals surface area contributed by atoms with Crippen LogP contribution in [0.2, 0.25) is 0 Å². The Labute approximate surface area is 243 Å². The van der Waals surface area contributed by atoms with Crippen molar-refractivity contribution in [3.63, 3.8) is 0 Å². The van der Waals surface area contributed by atoms with Crippen molar-refractivity contribution in [3.8, 4) is 17.1 Å². The molecule has 0 aliphatic heterocycles. The first-order chi connectivity index (χ1) is 19.5. The summed E-state index contributed by atoms with van der Waals surface area (Å²) in [7, 11) is 1.64. The van der Waals surface area contributed by atoms with Gasteiger partial charge in [0.1, 0.15) is 5.75 Å². The monoisotopic (exact) mass is 554 g/mol. The molecule has 9 nitrogen and oxygen atoms in total. The summed E-state index contributed by atoms with van der Waals surface area (Å²) in [6.07, 6.45) is 7.20. The van der Waals surface area contributed by atoms with Gasteiger partial charge in [-0.2, -0.15) is 0 Å². The molecular formula is C32H42N8O. The van der Waals surface area contributed by atoms with Crippen molar-refractivity contribution in [3.05, 3.63) is 101 Å². The van der Waals surface area contributed by atoms with E-state index in [2.05, 4.69) is 55.0 Å². The molecule has 0 amide bonds. The molecule has 0 aliphatic carbocycles. The van der Waals surface area contributed by atoms with E-state index in [1.807, 2.05) is 50.2 Å². The fraction of sp³-hybridized carbons (Fsp3) is 0.188. The van der Waals surface area contributed by atoms with E-state index in [0.717, 1.165) is 64.5 Å². The highest BCUT2D eigenvalue weighted by Crippen LogP contribution is 2.20. The van der Waals surface area contributed by atoms with E-state index >= 15 is 0 Å². The van der Waals surface area contributed by atoms with Gasteiger partial charge in [-0.05, 0) is 81.6 Å². The molecule has 4 rings (SSSR count). The van der Waals surface area contributed by atoms with Gasteiger partial charge in [0.05, 0.1) is 7.11 Å². The Balaban J connectivity index is 0.000000529. The fourth-order valence-electron chi connectivity index (χ4n) is 3.10. The van der Waals surface area contributed by atoms with E-state index in [-0.39, 0.29) is 0 Å². The SMILES string of the molecule is COc1ccc(N)c(C)c1.Cc1ccc(-c2ncccn2)c(C)c1.Cc1ccc(N)c(C)c1.N=CC=N.N=CC=N. The fourth-order valence-corrected chi connectivity index (χ4v) is 3.10. The molecule has 0 atom stereocenters. The molecule has 0 fully saturated rings. The summed E-state index contributed by atoms with van der Waals surface area (Å²) < 4.78 is 4.99. The maximum Gasteiger partial charge on any atom is 0.159 e. The minimum absolute atomic E-state index is 0.796. The highest BCUT2D eigenvalue weighted by atomic mass is 16.5. The number of methoxy groups -OCH3 is 1. The maximum atomic E-state index is 6.08. The zero-order valence-corrected chi connectivity index (χ0v) is 24.7. The number of nitrogen functional groups attached to an aromatic ring is 2. The average Bonchev–Trinajstić information content (AvgIpc) is 2.98. The number of nitrogens with zero attached hydrogens (tertiary/aromatic N) is 2. The average molecular weight is 555 g/mol. The predicted molar refractivity (Wildman–Crippen MR) is 175 cm³/mol. The van der Waals surface area contributed by atoms with Gasteiger partial charge in [-0.3, -0.25) is 0 Å². The summed E-state index contributed by atoms with van der Waals surface area (Å²) in [5, 5.41) is 24.3. The number of benzene rings is 3. The molecule has 4 aromatic rings. The van der Waals surface area contributed by atoms with E-state index < -0.39 is 0 Å². The summed E-state index contributed by atoms with van der Waals surface area (Å²) in [4.78, 5) is 8.46. The lowest BCUT2D eigenvalue weighted by molar-refractivity contribution is 0.414. The van der Waals surface area contributed by atoms with Gasteiger partial charge in [-0.15, -0.1) is 0 Å². The van der Waals surface area contributed by atoms with Crippen LogP contribution in [0.25, 0.3) is 11.4 Å². The summed E-state index contributed by atoms with van der Waals surface area (Å²) in [6, 6.07) is 19.8. The number of hydrogen-bond donors (Lipinski definition) is 6. The molecule has 0 bridgehead atoms. The molecule has 216 valence electrons. The molecule has 0 saturated carbocycles. The lowest BCUT2D eigenvalue weighted by Crippen LogP contribution is -1.90. The molecule has 8 N–H and O–H groups in total. The van der Waals surface area contributed by atoms with Crippen molar-refractivity contribution in [1.29, 1.82) is 21.6 Å². The van der Waals surface area contributed by atoms with Gasteiger partial charge in [-0.1, -0.05) is 41.5 Å². The smallest absolute Gasteiger partial charge is 0.159 e. The Hall–Kier alpha value is -5.18. The molecule has 0 saturated heterocycles. The number of nitrogens with one attached hydrogen (secondary N) is 4. The Morgan fingerprint density at radius 3 is 1.44 bits per heavy atom. The zero-order chi connectivity index (χ0) is 31.2. The molecular weight excluding hydrogens is 512 g/mol. The normalized spacial score (nSPS) is 8.83. The minimum Gasteiger partial charge on any atom is -0.497 e. The zero-order valence-electron chi connectivity index (χ0n) is 24.7. The first-order valence-electron chi connectivity index (χ1n) is 12.6. The van der Waals surface area contributed by atoms with Gasteiger partial charge in [-0.25, -0.2) is 9.97 Å². The first kappa shape index (κ1) is 35.8. The van der Waals surface area contributed by atoms with Crippen molar-refractivity contribution in [2.24, 2.45) is 0 Å². The lowest BCUT2D eigenvalue weighted by atomic mass is 10.1. The first-order valence-corrected chi connectivity index (χ1v) is 12.6. The number of rotatable bonds is 4. The standard InChI is InChI=1S/C12H12N2.C8H11NO.C8H11N.2C2H4N2/c1-9-4-5-11(10(2)8-9)12-13-6-3-7-14-12;1-6-5-7(10-2)3-4-8(6)9;1-6-3-4-8(9)7(2)5-6;2*3-1-2-4/h3-8H,1-2H3;3-5H,9H2,1-2H3;3-5H,9H2,1-2H3;2*1-4H. The number of anilines is 2. The topological polar surface area (TPSA) is 182 Å². The number of nitrogens with two attached hydrogens (primary N) is 2. The third-order valence-electron chi connectivity index (χ3n) is 5.26. The van der Waals surface area contributed by atoms with Crippen LogP contribution in [0, 0.1) is 56.3 Å². The van der Waals surface area contributed by atoms with E-state index in [1.165, 1.54) is 16.7 Å². The van der Waals surface area contributed by atoms with Crippen molar-refractivity contribution >= 4 is 36.2 Å². The van der Waals surface area contributed by atoms with Crippen LogP contribution >= 0.6 is 0 Å². The van der Waals surface area contributed by atoms with Gasteiger partial charge in [0.15, 0.2) is 5.82 Å². The number of ether oxygens (including phenoxy) is 1. The van der Waals surface area contributed by atoms with Crippen LogP contribution in [-0.2, 0) is 0 Å². The second-order valence-electron chi connectivity index (χ2n) is 8.64. The minimum atomic E-state index is 0.796. The molecule has 9 heteroatoms. The quantitative estimate of drug-likeness (QED) is 0.119. The highest BCUT2D eigenvalue weighted by molar-refractivity contribution is 6.12. The summed E-state index contributed by atoms with van der Waals surface area (Å²) in [5.41, 5.74) is 19.9. The van der Waals surface area contributed by atoms with Crippen LogP contribution in [0.4, 0.5) is 11.4 Å². The van der Waals surface area contributed by atoms with Crippen LogP contribution in [-0.4, -0.2) is 41.9 Å².